The lowest BCUT2D eigenvalue weighted by Crippen LogP contribution is -2.34. The van der Waals surface area contributed by atoms with Gasteiger partial charge in [0, 0.05) is 66.9 Å². The topological polar surface area (TPSA) is 190 Å². The first kappa shape index (κ1) is 56.2. The van der Waals surface area contributed by atoms with Crippen molar-refractivity contribution >= 4 is 114 Å². The molecule has 2 amide bonds. The Morgan fingerprint density at radius 2 is 1.19 bits per heavy atom. The van der Waals surface area contributed by atoms with E-state index in [4.69, 9.17) is 4.74 Å². The number of H-pyrrole nitrogens is 1. The Hall–Kier alpha value is -7.08. The molecule has 5 aromatic heterocycles. The highest BCUT2D eigenvalue weighted by Gasteiger charge is 2.33. The molecule has 1 aliphatic heterocycles. The van der Waals surface area contributed by atoms with E-state index in [0.29, 0.717) is 32.9 Å². The third-order valence-electron chi connectivity index (χ3n) is 11.5. The summed E-state index contributed by atoms with van der Waals surface area (Å²) in [4.78, 5) is 42.3. The van der Waals surface area contributed by atoms with Gasteiger partial charge in [-0.3, -0.25) is 14.4 Å². The minimum Gasteiger partial charge on any atom is -0.362 e. The first-order valence-electron chi connectivity index (χ1n) is 21.1. The Morgan fingerprint density at radius 1 is 0.703 bits per heavy atom. The predicted octanol–water partition coefficient (Wildman–Crippen LogP) is 10.3. The summed E-state index contributed by atoms with van der Waals surface area (Å²) in [6, 6.07) is 20.1. The molecular formula is C51H47ClF4N6O8S4. The number of rotatable bonds is 11. The summed E-state index contributed by atoms with van der Waals surface area (Å²) < 4.78 is 120. The number of aromatic amines is 1. The van der Waals surface area contributed by atoms with Crippen LogP contribution in [0.25, 0.3) is 58.7 Å². The summed E-state index contributed by atoms with van der Waals surface area (Å²) in [5, 5.41) is 9.83. The molecule has 0 spiro atoms. The molecule has 9 aromatic rings. The number of amides is 2. The number of ether oxygens (including phenoxy) is 1. The largest absolute Gasteiger partial charge is 0.362 e. The van der Waals surface area contributed by atoms with Crippen LogP contribution in [0.2, 0.25) is 0 Å². The van der Waals surface area contributed by atoms with Crippen molar-refractivity contribution in [2.24, 2.45) is 0 Å². The van der Waals surface area contributed by atoms with Crippen LogP contribution in [0.5, 0.6) is 0 Å². The maximum absolute atomic E-state index is 14.7. The van der Waals surface area contributed by atoms with Crippen molar-refractivity contribution in [3.05, 3.63) is 182 Å². The standard InChI is InChI=1S/C25H21F2N3O4S2.C24H17F2N3O4S2.2CH4.ClH/c1-34-25-17(4-3-10-28-25)20-21-19(8-5-14-9-11-35-23(14)21)30(22(20)24(31)29-36(2,32)33)13-15-12-16(26)6-7-18(15)27;1-35(32,33)28-24(31)21-19(16-3-2-9-27-23(16)30)20-18(7-4-13-8-10-34-22(13)20)29(21)12-14-11-15(25)5-6-17(14)26;;;/h3-12,25,28H,13H2,1-2H3,(H,29,31);2-11H,12H2,1H3,(H,27,30)(H,28,31);2*1H4;1H. The number of methoxy groups -OCH3 is 1. The maximum atomic E-state index is 14.7. The molecule has 0 aliphatic carbocycles. The summed E-state index contributed by atoms with van der Waals surface area (Å²) in [5.74, 6) is -4.53. The van der Waals surface area contributed by atoms with Gasteiger partial charge in [0.05, 0.1) is 36.6 Å². The van der Waals surface area contributed by atoms with Crippen molar-refractivity contribution in [3.8, 4) is 11.1 Å². The molecule has 4 aromatic carbocycles. The maximum Gasteiger partial charge on any atom is 0.282 e. The fourth-order valence-electron chi connectivity index (χ4n) is 8.67. The lowest BCUT2D eigenvalue weighted by atomic mass is 9.97. The van der Waals surface area contributed by atoms with Crippen LogP contribution in [0.3, 0.4) is 0 Å². The smallest absolute Gasteiger partial charge is 0.282 e. The zero-order valence-electron chi connectivity index (χ0n) is 37.8. The Morgan fingerprint density at radius 3 is 1.66 bits per heavy atom. The van der Waals surface area contributed by atoms with Gasteiger partial charge in [0.25, 0.3) is 17.4 Å². The van der Waals surface area contributed by atoms with Crippen molar-refractivity contribution in [1.82, 2.24) is 28.9 Å². The number of hydrogen-bond acceptors (Lipinski definition) is 11. The molecular weight excluding hydrogens is 1060 g/mol. The highest BCUT2D eigenvalue weighted by atomic mass is 35.5. The average molecular weight is 1110 g/mol. The number of allylic oxidation sites excluding steroid dienone is 2. The number of dihydropyridines is 1. The number of sulfonamides is 2. The van der Waals surface area contributed by atoms with Crippen molar-refractivity contribution in [3.63, 3.8) is 0 Å². The number of carbonyl (C=O) groups is 2. The van der Waals surface area contributed by atoms with Crippen LogP contribution in [0, 0.1) is 23.3 Å². The quantitative estimate of drug-likeness (QED) is 0.0913. The van der Waals surface area contributed by atoms with E-state index in [2.05, 4.69) is 10.3 Å². The van der Waals surface area contributed by atoms with E-state index in [-0.39, 0.29) is 74.0 Å². The fourth-order valence-corrected chi connectivity index (χ4v) is 11.4. The van der Waals surface area contributed by atoms with Crippen LogP contribution < -0.4 is 20.3 Å². The van der Waals surface area contributed by atoms with Crippen molar-refractivity contribution in [2.45, 2.75) is 34.2 Å². The predicted molar refractivity (Wildman–Crippen MR) is 288 cm³/mol. The lowest BCUT2D eigenvalue weighted by Gasteiger charge is -2.23. The molecule has 0 radical (unpaired) electrons. The van der Waals surface area contributed by atoms with Crippen molar-refractivity contribution in [1.29, 1.82) is 0 Å². The Kier molecular flexibility index (Phi) is 16.9. The monoisotopic (exact) mass is 1110 g/mol. The van der Waals surface area contributed by atoms with Crippen LogP contribution in [0.15, 0.2) is 125 Å². The van der Waals surface area contributed by atoms with Gasteiger partial charge in [-0.25, -0.2) is 43.8 Å². The van der Waals surface area contributed by atoms with Gasteiger partial charge in [-0.15, -0.1) is 35.1 Å². The number of pyridine rings is 1. The molecule has 388 valence electrons. The molecule has 1 unspecified atom stereocenters. The number of benzene rings is 4. The summed E-state index contributed by atoms with van der Waals surface area (Å²) in [6.45, 7) is -0.494. The highest BCUT2D eigenvalue weighted by Crippen LogP contribution is 2.43. The molecule has 0 saturated carbocycles. The fraction of sp³-hybridized carbons (Fsp3) is 0.157. The van der Waals surface area contributed by atoms with Gasteiger partial charge in [0.15, 0.2) is 6.23 Å². The van der Waals surface area contributed by atoms with E-state index < -0.39 is 66.9 Å². The molecule has 0 fully saturated rings. The SMILES string of the molecule is C.C.COC1NC=CC=C1c1c(C(=O)NS(C)(=O)=O)n(Cc2cc(F)ccc2F)c2ccc3ccsc3c12.CS(=O)(=O)NC(=O)c1c(-c2ccc[nH]c2=O)c2c3sccc3ccc2n1Cc1cc(F)ccc1F.Cl. The average Bonchev–Trinajstić information content (AvgIpc) is 4.12. The van der Waals surface area contributed by atoms with Gasteiger partial charge in [-0.1, -0.05) is 33.1 Å². The second-order valence-electron chi connectivity index (χ2n) is 16.3. The van der Waals surface area contributed by atoms with Crippen molar-refractivity contribution < 1.29 is 48.7 Å². The third kappa shape index (κ3) is 11.1. The number of nitrogens with zero attached hydrogens (tertiary/aromatic N) is 2. The van der Waals surface area contributed by atoms with E-state index in [1.165, 1.54) is 51.2 Å². The molecule has 0 saturated heterocycles. The van der Waals surface area contributed by atoms with Gasteiger partial charge in [-0.2, -0.15) is 0 Å². The molecule has 1 atom stereocenters. The molecule has 74 heavy (non-hydrogen) atoms. The summed E-state index contributed by atoms with van der Waals surface area (Å²) in [6.07, 6.45) is 7.71. The molecule has 1 aliphatic rings. The lowest BCUT2D eigenvalue weighted by molar-refractivity contribution is 0.0964. The highest BCUT2D eigenvalue weighted by molar-refractivity contribution is 7.89. The van der Waals surface area contributed by atoms with E-state index in [1.807, 2.05) is 44.5 Å². The van der Waals surface area contributed by atoms with Gasteiger partial charge < -0.3 is 24.2 Å². The third-order valence-corrected chi connectivity index (χ3v) is 14.5. The van der Waals surface area contributed by atoms with Gasteiger partial charge in [0.1, 0.15) is 34.7 Å². The van der Waals surface area contributed by atoms with E-state index >= 15 is 0 Å². The zero-order chi connectivity index (χ0) is 50.5. The molecule has 14 nitrogen and oxygen atoms in total. The normalized spacial score (nSPS) is 13.3. The van der Waals surface area contributed by atoms with E-state index in [1.54, 1.807) is 36.6 Å². The van der Waals surface area contributed by atoms with Gasteiger partial charge >= 0.3 is 0 Å². The molecule has 4 N–H and O–H groups in total. The Labute approximate surface area is 436 Å². The van der Waals surface area contributed by atoms with Crippen molar-refractivity contribution in [2.75, 3.05) is 19.6 Å². The van der Waals surface area contributed by atoms with Gasteiger partial charge in [0.2, 0.25) is 20.0 Å². The summed E-state index contributed by atoms with van der Waals surface area (Å²) >= 11 is 2.84. The van der Waals surface area contributed by atoms with E-state index in [9.17, 15) is 48.8 Å². The Bertz CT molecular complexity index is 4010. The zero-order valence-corrected chi connectivity index (χ0v) is 41.8. The van der Waals surface area contributed by atoms with Crippen LogP contribution in [-0.4, -0.2) is 68.6 Å². The Balaban J connectivity index is 0.000000232. The number of nitrogens with one attached hydrogen (secondary N) is 4. The molecule has 10 rings (SSSR count). The first-order valence-corrected chi connectivity index (χ1v) is 26.7. The first-order chi connectivity index (χ1) is 33.8. The van der Waals surface area contributed by atoms with Crippen LogP contribution >= 0.6 is 35.1 Å². The molecule has 23 heteroatoms. The van der Waals surface area contributed by atoms with Crippen LogP contribution in [-0.2, 0) is 37.9 Å². The second kappa shape index (κ2) is 22.2. The molecule has 6 heterocycles. The minimum absolute atomic E-state index is 0. The number of thiophene rings is 2. The van der Waals surface area contributed by atoms with E-state index in [0.717, 1.165) is 69.1 Å². The number of aromatic nitrogens is 3. The van der Waals surface area contributed by atoms with Gasteiger partial charge in [-0.05, 0) is 107 Å². The minimum atomic E-state index is -3.98. The molecule has 0 bridgehead atoms. The summed E-state index contributed by atoms with van der Waals surface area (Å²) in [7, 11) is -6.42. The number of fused-ring (bicyclic) bond motifs is 6. The number of halogens is 5. The van der Waals surface area contributed by atoms with Crippen LogP contribution in [0.1, 0.15) is 52.5 Å². The number of carbonyl (C=O) groups excluding carboxylic acids is 2. The second-order valence-corrected chi connectivity index (χ2v) is 21.6. The summed E-state index contributed by atoms with van der Waals surface area (Å²) in [5.41, 5.74) is 1.69. The number of hydrogen-bond donors (Lipinski definition) is 4. The van der Waals surface area contributed by atoms with Crippen LogP contribution in [0.4, 0.5) is 17.6 Å².